The number of aliphatic hydroxyl groups excluding tert-OH is 2. The van der Waals surface area contributed by atoms with Crippen LogP contribution in [-0.4, -0.2) is 44.4 Å². The summed E-state index contributed by atoms with van der Waals surface area (Å²) < 4.78 is 77.5. The van der Waals surface area contributed by atoms with Crippen LogP contribution in [0.4, 0.5) is 8.78 Å². The molecule has 2 aromatic rings. The fraction of sp³-hybridized carbons (Fsp3) is 0.333. The maximum absolute atomic E-state index is 15.7. The van der Waals surface area contributed by atoms with Crippen molar-refractivity contribution in [1.29, 1.82) is 0 Å². The Kier molecular flexibility index (Phi) is 4.91. The van der Waals surface area contributed by atoms with Crippen LogP contribution in [0.5, 0.6) is 5.75 Å². The Labute approximate surface area is 180 Å². The van der Waals surface area contributed by atoms with Crippen LogP contribution in [0.2, 0.25) is 0 Å². The summed E-state index contributed by atoms with van der Waals surface area (Å²) in [6.07, 6.45) is -1.19. The number of aliphatic hydroxyl groups is 2. The average molecular weight is 474 g/mol. The summed E-state index contributed by atoms with van der Waals surface area (Å²) in [6.45, 7) is -4.36. The number of alkyl halides is 1. The number of aromatic amines is 1. The van der Waals surface area contributed by atoms with Gasteiger partial charge in [0.15, 0.2) is 6.23 Å². The summed E-state index contributed by atoms with van der Waals surface area (Å²) in [5.41, 5.74) is -2.49. The Bertz CT molecular complexity index is 1360. The fourth-order valence-electron chi connectivity index (χ4n) is 2.98. The minimum absolute atomic E-state index is 0.111. The van der Waals surface area contributed by atoms with Gasteiger partial charge in [0, 0.05) is 11.8 Å². The normalized spacial score (nSPS) is 32.9. The second kappa shape index (κ2) is 7.93. The first kappa shape index (κ1) is 19.8. The second-order valence-electron chi connectivity index (χ2n) is 6.70. The van der Waals surface area contributed by atoms with Crippen molar-refractivity contribution in [3.63, 3.8) is 0 Å². The summed E-state index contributed by atoms with van der Waals surface area (Å²) in [5.74, 6) is -2.83. The first-order valence-electron chi connectivity index (χ1n) is 9.78. The molecular formula is C18H15F2N2O9P. The van der Waals surface area contributed by atoms with E-state index in [0.717, 1.165) is 24.4 Å². The third-order valence-electron chi connectivity index (χ3n) is 4.59. The number of rotatable bonds is 4. The van der Waals surface area contributed by atoms with Crippen LogP contribution in [0.25, 0.3) is 0 Å². The number of nitrogens with zero attached hydrogens (tertiary/aromatic N) is 1. The average Bonchev–Trinajstić information content (AvgIpc) is 2.99. The van der Waals surface area contributed by atoms with Crippen molar-refractivity contribution >= 4 is 7.82 Å². The number of fused-ring (bicyclic) bond motifs is 1. The van der Waals surface area contributed by atoms with Crippen LogP contribution in [0, 0.1) is 18.2 Å². The molecule has 11 nitrogen and oxygen atoms in total. The summed E-state index contributed by atoms with van der Waals surface area (Å²) >= 11 is 0. The van der Waals surface area contributed by atoms with E-state index >= 15 is 4.39 Å². The smallest absolute Gasteiger partial charge is 0.404 e. The van der Waals surface area contributed by atoms with Gasteiger partial charge in [0.05, 0.1) is 9.35 Å². The molecule has 170 valence electrons. The maximum atomic E-state index is 15.7. The lowest BCUT2D eigenvalue weighted by molar-refractivity contribution is -0.205. The first-order chi connectivity index (χ1) is 15.8. The van der Waals surface area contributed by atoms with E-state index in [1.54, 1.807) is 4.98 Å². The van der Waals surface area contributed by atoms with Crippen LogP contribution in [-0.2, 0) is 25.0 Å². The minimum Gasteiger partial charge on any atom is -0.404 e. The van der Waals surface area contributed by atoms with E-state index in [4.69, 9.17) is 22.9 Å². The predicted octanol–water partition coefficient (Wildman–Crippen LogP) is 0.307. The number of aromatic nitrogens is 2. The molecule has 0 amide bonds. The number of phosphoric acid groups is 1. The molecule has 0 saturated carbocycles. The Hall–Kier alpha value is -2.85. The predicted molar refractivity (Wildman–Crippen MR) is 101 cm³/mol. The fourth-order valence-corrected chi connectivity index (χ4v) is 4.08. The number of benzene rings is 1. The van der Waals surface area contributed by atoms with Gasteiger partial charge in [0.1, 0.15) is 35.9 Å². The van der Waals surface area contributed by atoms with Crippen LogP contribution in [0.3, 0.4) is 0 Å². The first-order valence-corrected chi connectivity index (χ1v) is 10.2. The highest BCUT2D eigenvalue weighted by Gasteiger charge is 2.57. The molecule has 1 fully saturated rings. The second-order valence-corrected chi connectivity index (χ2v) is 8.22. The van der Waals surface area contributed by atoms with Gasteiger partial charge in [0.2, 0.25) is 0 Å². The summed E-state index contributed by atoms with van der Waals surface area (Å²) in [4.78, 5) is 25.6. The van der Waals surface area contributed by atoms with Crippen LogP contribution in [0.15, 0.2) is 34.0 Å². The zero-order valence-electron chi connectivity index (χ0n) is 17.7. The lowest BCUT2D eigenvalue weighted by Gasteiger charge is -2.28. The molecule has 32 heavy (non-hydrogen) atoms. The minimum atomic E-state index is -4.90. The van der Waals surface area contributed by atoms with Crippen molar-refractivity contribution in [3.05, 3.63) is 62.2 Å². The van der Waals surface area contributed by atoms with Gasteiger partial charge in [-0.15, -0.1) is 6.42 Å². The molecule has 0 aliphatic carbocycles. The highest BCUT2D eigenvalue weighted by molar-refractivity contribution is 7.49. The monoisotopic (exact) mass is 474 g/mol. The highest BCUT2D eigenvalue weighted by atomic mass is 31.2. The number of terminal acetylenes is 1. The van der Waals surface area contributed by atoms with E-state index in [9.17, 15) is 28.8 Å². The number of phosphoric ester groups is 1. The van der Waals surface area contributed by atoms with Gasteiger partial charge in [-0.05, 0) is 18.2 Å². The van der Waals surface area contributed by atoms with Gasteiger partial charge >= 0.3 is 13.5 Å². The van der Waals surface area contributed by atoms with Crippen molar-refractivity contribution in [2.24, 2.45) is 0 Å². The van der Waals surface area contributed by atoms with E-state index in [2.05, 4.69) is 4.52 Å². The van der Waals surface area contributed by atoms with Crippen molar-refractivity contribution in [2.45, 2.75) is 30.9 Å². The highest BCUT2D eigenvalue weighted by Crippen LogP contribution is 2.55. The van der Waals surface area contributed by atoms with Gasteiger partial charge in [-0.2, -0.15) is 0 Å². The zero-order chi connectivity index (χ0) is 25.1. The van der Waals surface area contributed by atoms with Gasteiger partial charge in [-0.3, -0.25) is 23.4 Å². The molecule has 2 aliphatic rings. The Morgan fingerprint density at radius 1 is 1.47 bits per heavy atom. The standard InChI is InChI=1S/C18H15F2N2O9P/c1-2-9-6-22(17(26)21-15(9)25)16-13(23)14(24)18(20,30-16)8-29-32(27)28-7-10-5-11(19)3-4-12(10)31-32/h1,3-6,13-14,16,23-24H,7-8H2,(H,21,25,26)/t13-,14+,16-,18-,32?/m1/s1/i8D2. The molecule has 5 atom stereocenters. The molecule has 4 rings (SSSR count). The van der Waals surface area contributed by atoms with E-state index in [1.807, 2.05) is 5.92 Å². The van der Waals surface area contributed by atoms with Crippen LogP contribution < -0.4 is 15.8 Å². The zero-order valence-corrected chi connectivity index (χ0v) is 16.6. The summed E-state index contributed by atoms with van der Waals surface area (Å²) in [7, 11) is -4.90. The Morgan fingerprint density at radius 2 is 2.22 bits per heavy atom. The van der Waals surface area contributed by atoms with Crippen molar-refractivity contribution in [1.82, 2.24) is 9.55 Å². The quantitative estimate of drug-likeness (QED) is 0.420. The molecule has 1 saturated heterocycles. The third kappa shape index (κ3) is 3.88. The van der Waals surface area contributed by atoms with Crippen LogP contribution in [0.1, 0.15) is 20.1 Å². The third-order valence-corrected chi connectivity index (χ3v) is 5.77. The summed E-state index contributed by atoms with van der Waals surface area (Å²) in [5, 5.41) is 20.5. The molecule has 1 aromatic carbocycles. The number of ether oxygens (including phenoxy) is 1. The number of halogens is 2. The van der Waals surface area contributed by atoms with Gasteiger partial charge in [-0.25, -0.2) is 18.1 Å². The molecule has 0 radical (unpaired) electrons. The van der Waals surface area contributed by atoms with Gasteiger partial charge < -0.3 is 19.5 Å². The Morgan fingerprint density at radius 3 is 2.94 bits per heavy atom. The molecule has 1 aromatic heterocycles. The molecule has 14 heteroatoms. The lowest BCUT2D eigenvalue weighted by atomic mass is 10.1. The molecule has 1 unspecified atom stereocenters. The van der Waals surface area contributed by atoms with E-state index in [-0.39, 0.29) is 11.3 Å². The lowest BCUT2D eigenvalue weighted by Crippen LogP contribution is -2.43. The molecule has 2 aliphatic heterocycles. The van der Waals surface area contributed by atoms with E-state index in [1.165, 1.54) is 0 Å². The van der Waals surface area contributed by atoms with Crippen molar-refractivity contribution in [3.8, 4) is 18.1 Å². The number of hydrogen-bond donors (Lipinski definition) is 3. The number of H-pyrrole nitrogens is 1. The number of hydrogen-bond acceptors (Lipinski definition) is 9. The molecule has 0 spiro atoms. The summed E-state index contributed by atoms with van der Waals surface area (Å²) in [6, 6.07) is 3.02. The molecule has 0 bridgehead atoms. The number of nitrogens with one attached hydrogen (secondary N) is 1. The van der Waals surface area contributed by atoms with Crippen molar-refractivity contribution < 1.29 is 44.6 Å². The van der Waals surface area contributed by atoms with Crippen molar-refractivity contribution in [2.75, 3.05) is 6.56 Å². The van der Waals surface area contributed by atoms with Crippen LogP contribution >= 0.6 is 7.82 Å². The maximum Gasteiger partial charge on any atom is 0.530 e. The van der Waals surface area contributed by atoms with Gasteiger partial charge in [-0.1, -0.05) is 5.92 Å². The van der Waals surface area contributed by atoms with E-state index < -0.39 is 67.9 Å². The largest absolute Gasteiger partial charge is 0.530 e. The topological polar surface area (TPSA) is 149 Å². The SMILES string of the molecule is [2H]C([2H])(OP1(=O)OCc2cc(F)ccc2O1)[C@@]1(F)O[C@@H](n2cc(C#C)c(=O)[nH]c2=O)[C@H](O)[C@@H]1O. The molecule has 3 heterocycles. The molecule has 3 N–H and O–H groups in total. The molecular weight excluding hydrogens is 457 g/mol. The van der Waals surface area contributed by atoms with Gasteiger partial charge in [0.25, 0.3) is 11.4 Å². The Balaban J connectivity index is 1.64. The van der Waals surface area contributed by atoms with E-state index in [0.29, 0.717) is 4.57 Å².